The molecule has 2 heterocycles. The van der Waals surface area contributed by atoms with E-state index in [0.29, 0.717) is 9.90 Å². The van der Waals surface area contributed by atoms with Crippen LogP contribution in [0.3, 0.4) is 0 Å². The number of nitrogens with two attached hydrogens (primary N) is 1. The van der Waals surface area contributed by atoms with Crippen molar-refractivity contribution >= 4 is 45.0 Å². The predicted octanol–water partition coefficient (Wildman–Crippen LogP) is 3.08. The Morgan fingerprint density at radius 1 is 1.38 bits per heavy atom. The fourth-order valence-electron chi connectivity index (χ4n) is 2.21. The molecular weight excluding hydrogens is 350 g/mol. The molecule has 0 aliphatic heterocycles. The van der Waals surface area contributed by atoms with Crippen LogP contribution in [-0.4, -0.2) is 27.8 Å². The predicted molar refractivity (Wildman–Crippen MR) is 92.8 cm³/mol. The number of aryl methyl sites for hydroxylation is 1. The van der Waals surface area contributed by atoms with Crippen molar-refractivity contribution in [1.82, 2.24) is 9.78 Å². The summed E-state index contributed by atoms with van der Waals surface area (Å²) in [7, 11) is 0. The minimum absolute atomic E-state index is 0.374. The number of carbonyl (C=O) groups excluding carboxylic acids is 2. The van der Waals surface area contributed by atoms with Crippen molar-refractivity contribution in [3.8, 4) is 5.69 Å². The molecule has 124 valence electrons. The zero-order chi connectivity index (χ0) is 17.4. The lowest BCUT2D eigenvalue weighted by Gasteiger charge is -2.08. The normalized spacial score (nSPS) is 12.3. The van der Waals surface area contributed by atoms with E-state index in [2.05, 4.69) is 5.10 Å². The van der Waals surface area contributed by atoms with E-state index in [1.54, 1.807) is 16.8 Å². The molecule has 8 heteroatoms. The number of primary amides is 1. The second kappa shape index (κ2) is 6.26. The van der Waals surface area contributed by atoms with Crippen molar-refractivity contribution in [2.75, 3.05) is 0 Å². The maximum atomic E-state index is 12.2. The van der Waals surface area contributed by atoms with Crippen LogP contribution in [0.4, 0.5) is 0 Å². The molecule has 24 heavy (non-hydrogen) atoms. The summed E-state index contributed by atoms with van der Waals surface area (Å²) in [4.78, 5) is 24.4. The number of amides is 1. The SMILES string of the molecule is Cc1nn(-c2ccccc2Cl)c2sc(C(=O)O[C@@H](C)C(N)=O)cc12. The molecule has 1 amide bonds. The standard InChI is InChI=1S/C16H14ClN3O3S/c1-8-10-7-13(16(22)23-9(2)14(18)21)24-15(10)20(19-8)12-6-4-3-5-11(12)17/h3-7,9H,1-2H3,(H2,18,21)/t9-/m0/s1. The Hall–Kier alpha value is -2.38. The van der Waals surface area contributed by atoms with Gasteiger partial charge in [0.05, 0.1) is 16.4 Å². The van der Waals surface area contributed by atoms with Crippen LogP contribution in [0, 0.1) is 6.92 Å². The number of fused-ring (bicyclic) bond motifs is 1. The van der Waals surface area contributed by atoms with Gasteiger partial charge in [0.1, 0.15) is 9.71 Å². The number of benzene rings is 1. The van der Waals surface area contributed by atoms with Crippen LogP contribution in [0.1, 0.15) is 22.3 Å². The number of para-hydroxylation sites is 1. The fraction of sp³-hybridized carbons (Fsp3) is 0.188. The lowest BCUT2D eigenvalue weighted by Crippen LogP contribution is -2.30. The number of halogens is 1. The third-order valence-corrected chi connectivity index (χ3v) is 4.92. The number of rotatable bonds is 4. The summed E-state index contributed by atoms with van der Waals surface area (Å²) in [6.45, 7) is 3.29. The molecule has 6 nitrogen and oxygen atoms in total. The molecule has 0 fully saturated rings. The van der Waals surface area contributed by atoms with E-state index in [-0.39, 0.29) is 0 Å². The average molecular weight is 364 g/mol. The molecule has 0 aliphatic carbocycles. The van der Waals surface area contributed by atoms with Crippen molar-refractivity contribution in [1.29, 1.82) is 0 Å². The van der Waals surface area contributed by atoms with E-state index in [4.69, 9.17) is 22.1 Å². The van der Waals surface area contributed by atoms with E-state index in [0.717, 1.165) is 21.6 Å². The first-order valence-corrected chi connectivity index (χ1v) is 8.32. The Morgan fingerprint density at radius 3 is 2.75 bits per heavy atom. The largest absolute Gasteiger partial charge is 0.448 e. The number of nitrogens with zero attached hydrogens (tertiary/aromatic N) is 2. The van der Waals surface area contributed by atoms with E-state index in [1.165, 1.54) is 18.3 Å². The molecule has 1 aromatic carbocycles. The molecule has 0 aliphatic rings. The summed E-state index contributed by atoms with van der Waals surface area (Å²) in [6, 6.07) is 9.02. The van der Waals surface area contributed by atoms with Gasteiger partial charge in [-0.3, -0.25) is 4.79 Å². The van der Waals surface area contributed by atoms with Gasteiger partial charge in [-0.25, -0.2) is 9.48 Å². The molecule has 0 bridgehead atoms. The Bertz CT molecular complexity index is 947. The van der Waals surface area contributed by atoms with Gasteiger partial charge in [0.2, 0.25) is 0 Å². The van der Waals surface area contributed by atoms with Crippen molar-refractivity contribution in [2.45, 2.75) is 20.0 Å². The zero-order valence-corrected chi connectivity index (χ0v) is 14.5. The van der Waals surface area contributed by atoms with E-state index >= 15 is 0 Å². The Kier molecular flexibility index (Phi) is 4.29. The first-order valence-electron chi connectivity index (χ1n) is 7.13. The highest BCUT2D eigenvalue weighted by Gasteiger charge is 2.21. The first-order chi connectivity index (χ1) is 11.4. The van der Waals surface area contributed by atoms with Crippen molar-refractivity contribution in [2.24, 2.45) is 5.73 Å². The third-order valence-electron chi connectivity index (χ3n) is 3.51. The van der Waals surface area contributed by atoms with Crippen LogP contribution in [0.15, 0.2) is 30.3 Å². The zero-order valence-electron chi connectivity index (χ0n) is 12.9. The maximum absolute atomic E-state index is 12.2. The monoisotopic (exact) mass is 363 g/mol. The van der Waals surface area contributed by atoms with Crippen LogP contribution in [0.25, 0.3) is 15.9 Å². The highest BCUT2D eigenvalue weighted by Crippen LogP contribution is 2.32. The van der Waals surface area contributed by atoms with Crippen LogP contribution < -0.4 is 5.73 Å². The highest BCUT2D eigenvalue weighted by molar-refractivity contribution is 7.20. The summed E-state index contributed by atoms with van der Waals surface area (Å²) < 4.78 is 6.75. The average Bonchev–Trinajstić information content (AvgIpc) is 3.09. The van der Waals surface area contributed by atoms with Crippen molar-refractivity contribution in [3.63, 3.8) is 0 Å². The number of carbonyl (C=O) groups is 2. The molecule has 2 aromatic heterocycles. The summed E-state index contributed by atoms with van der Waals surface area (Å²) in [6.07, 6.45) is -0.983. The summed E-state index contributed by atoms with van der Waals surface area (Å²) in [5, 5.41) is 5.88. The number of esters is 1. The van der Waals surface area contributed by atoms with Gasteiger partial charge < -0.3 is 10.5 Å². The van der Waals surface area contributed by atoms with Gasteiger partial charge >= 0.3 is 5.97 Å². The second-order valence-corrected chi connectivity index (χ2v) is 6.67. The van der Waals surface area contributed by atoms with Gasteiger partial charge in [-0.2, -0.15) is 5.10 Å². The maximum Gasteiger partial charge on any atom is 0.349 e. The number of thiophene rings is 1. The second-order valence-electron chi connectivity index (χ2n) is 5.23. The van der Waals surface area contributed by atoms with Gasteiger partial charge in [-0.15, -0.1) is 11.3 Å². The number of hydrogen-bond acceptors (Lipinski definition) is 5. The lowest BCUT2D eigenvalue weighted by atomic mass is 10.3. The lowest BCUT2D eigenvalue weighted by molar-refractivity contribution is -0.125. The minimum atomic E-state index is -0.983. The number of ether oxygens (including phenoxy) is 1. The quantitative estimate of drug-likeness (QED) is 0.721. The smallest absolute Gasteiger partial charge is 0.349 e. The molecule has 2 N–H and O–H groups in total. The Balaban J connectivity index is 2.03. The van der Waals surface area contributed by atoms with Crippen molar-refractivity contribution < 1.29 is 14.3 Å². The van der Waals surface area contributed by atoms with Gasteiger partial charge in [0, 0.05) is 5.39 Å². The summed E-state index contributed by atoms with van der Waals surface area (Å²) in [5.41, 5.74) is 6.61. The number of aromatic nitrogens is 2. The molecular formula is C16H14ClN3O3S. The topological polar surface area (TPSA) is 87.2 Å². The number of hydrogen-bond donors (Lipinski definition) is 1. The third kappa shape index (κ3) is 2.88. The molecule has 0 radical (unpaired) electrons. The fourth-order valence-corrected chi connectivity index (χ4v) is 3.49. The van der Waals surface area contributed by atoms with Gasteiger partial charge in [0.15, 0.2) is 6.10 Å². The van der Waals surface area contributed by atoms with Crippen LogP contribution in [0.2, 0.25) is 5.02 Å². The van der Waals surface area contributed by atoms with Crippen molar-refractivity contribution in [3.05, 3.63) is 45.9 Å². The molecule has 0 saturated heterocycles. The summed E-state index contributed by atoms with van der Waals surface area (Å²) in [5.74, 6) is -1.28. The van der Waals surface area contributed by atoms with Gasteiger partial charge in [-0.05, 0) is 32.0 Å². The molecule has 3 aromatic rings. The van der Waals surface area contributed by atoms with E-state index < -0.39 is 18.0 Å². The van der Waals surface area contributed by atoms with Crippen LogP contribution in [-0.2, 0) is 9.53 Å². The molecule has 0 saturated carbocycles. The molecule has 0 unspecified atom stereocenters. The van der Waals surface area contributed by atoms with Crippen LogP contribution in [0.5, 0.6) is 0 Å². The summed E-state index contributed by atoms with van der Waals surface area (Å²) >= 11 is 7.47. The highest BCUT2D eigenvalue weighted by atomic mass is 35.5. The Labute approximate surface area is 146 Å². The molecule has 1 atom stereocenters. The minimum Gasteiger partial charge on any atom is -0.448 e. The first kappa shape index (κ1) is 16.5. The Morgan fingerprint density at radius 2 is 2.08 bits per heavy atom. The van der Waals surface area contributed by atoms with Gasteiger partial charge in [0.25, 0.3) is 5.91 Å². The van der Waals surface area contributed by atoms with E-state index in [1.807, 2.05) is 25.1 Å². The van der Waals surface area contributed by atoms with E-state index in [9.17, 15) is 9.59 Å². The molecule has 0 spiro atoms. The molecule has 3 rings (SSSR count). The van der Waals surface area contributed by atoms with Gasteiger partial charge in [-0.1, -0.05) is 23.7 Å². The van der Waals surface area contributed by atoms with Crippen LogP contribution >= 0.6 is 22.9 Å².